The smallest absolute Gasteiger partial charge is 0.244 e. The third kappa shape index (κ3) is 3.92. The highest BCUT2D eigenvalue weighted by atomic mass is 32.2. The van der Waals surface area contributed by atoms with Crippen molar-refractivity contribution >= 4 is 21.5 Å². The maximum absolute atomic E-state index is 13.2. The van der Waals surface area contributed by atoms with Crippen molar-refractivity contribution in [1.82, 2.24) is 14.6 Å². The molecule has 1 atom stereocenters. The van der Waals surface area contributed by atoms with E-state index in [1.54, 1.807) is 18.3 Å². The number of benzene rings is 2. The van der Waals surface area contributed by atoms with Crippen LogP contribution in [0, 0.1) is 0 Å². The number of rotatable bonds is 4. The molecule has 0 unspecified atom stereocenters. The van der Waals surface area contributed by atoms with Crippen LogP contribution >= 0.6 is 0 Å². The van der Waals surface area contributed by atoms with Crippen LogP contribution in [-0.2, 0) is 23.1 Å². The quantitative estimate of drug-likeness (QED) is 0.642. The fourth-order valence-corrected chi connectivity index (χ4v) is 5.77. The molecule has 0 amide bonds. The van der Waals surface area contributed by atoms with E-state index in [4.69, 9.17) is 4.99 Å². The SMILES string of the molecule is O=S(=O)(c1cccnc1)N1CC[C@@]2(C1)NCc1ccccc1NC2=NCc1ccccc1. The number of nitrogens with one attached hydrogen (secondary N) is 2. The highest BCUT2D eigenvalue weighted by Gasteiger charge is 2.47. The van der Waals surface area contributed by atoms with Crippen LogP contribution in [0.5, 0.6) is 0 Å². The monoisotopic (exact) mass is 447 g/mol. The van der Waals surface area contributed by atoms with Gasteiger partial charge in [-0.05, 0) is 35.7 Å². The molecule has 0 aliphatic carbocycles. The summed E-state index contributed by atoms with van der Waals surface area (Å²) < 4.78 is 28.0. The van der Waals surface area contributed by atoms with Gasteiger partial charge in [-0.15, -0.1) is 0 Å². The number of aliphatic imine (C=N–C) groups is 1. The Morgan fingerprint density at radius 3 is 2.66 bits per heavy atom. The molecular formula is C24H25N5O2S. The van der Waals surface area contributed by atoms with Crippen molar-refractivity contribution in [3.05, 3.63) is 90.3 Å². The summed E-state index contributed by atoms with van der Waals surface area (Å²) in [7, 11) is -3.64. The van der Waals surface area contributed by atoms with Crippen LogP contribution in [0.2, 0.25) is 0 Å². The molecule has 32 heavy (non-hydrogen) atoms. The van der Waals surface area contributed by atoms with E-state index >= 15 is 0 Å². The van der Waals surface area contributed by atoms with E-state index in [0.717, 1.165) is 22.6 Å². The Bertz CT molecular complexity index is 1230. The summed E-state index contributed by atoms with van der Waals surface area (Å²) in [5, 5.41) is 7.17. The summed E-state index contributed by atoms with van der Waals surface area (Å²) in [4.78, 5) is 9.15. The van der Waals surface area contributed by atoms with E-state index in [9.17, 15) is 8.42 Å². The number of amidine groups is 1. The molecule has 2 aliphatic heterocycles. The zero-order chi connectivity index (χ0) is 22.0. The lowest BCUT2D eigenvalue weighted by Crippen LogP contribution is -2.55. The molecule has 8 heteroatoms. The van der Waals surface area contributed by atoms with E-state index in [-0.39, 0.29) is 4.90 Å². The number of hydrogen-bond acceptors (Lipinski definition) is 5. The molecule has 3 heterocycles. The van der Waals surface area contributed by atoms with Crippen molar-refractivity contribution in [1.29, 1.82) is 0 Å². The number of fused-ring (bicyclic) bond motifs is 1. The maximum atomic E-state index is 13.2. The molecule has 1 spiro atoms. The first-order valence-electron chi connectivity index (χ1n) is 10.7. The second-order valence-corrected chi connectivity index (χ2v) is 10.1. The second kappa shape index (κ2) is 8.46. The third-order valence-corrected chi connectivity index (χ3v) is 7.94. The van der Waals surface area contributed by atoms with E-state index in [1.807, 2.05) is 48.5 Å². The Morgan fingerprint density at radius 1 is 1.03 bits per heavy atom. The minimum Gasteiger partial charge on any atom is -0.342 e. The van der Waals surface area contributed by atoms with Gasteiger partial charge in [-0.25, -0.2) is 8.42 Å². The van der Waals surface area contributed by atoms with Gasteiger partial charge in [-0.3, -0.25) is 15.3 Å². The fraction of sp³-hybridized carbons (Fsp3) is 0.250. The molecule has 2 aromatic carbocycles. The molecular weight excluding hydrogens is 422 g/mol. The largest absolute Gasteiger partial charge is 0.342 e. The van der Waals surface area contributed by atoms with Crippen molar-refractivity contribution in [2.24, 2.45) is 4.99 Å². The number of pyridine rings is 1. The number of para-hydroxylation sites is 1. The normalized spacial score (nSPS) is 22.4. The first-order chi connectivity index (χ1) is 15.6. The summed E-state index contributed by atoms with van der Waals surface area (Å²) in [5.74, 6) is 0.773. The Labute approximate surface area is 188 Å². The number of aromatic nitrogens is 1. The Hall–Kier alpha value is -3.07. The topological polar surface area (TPSA) is 86.7 Å². The van der Waals surface area contributed by atoms with Gasteiger partial charge in [0.1, 0.15) is 10.7 Å². The fourth-order valence-electron chi connectivity index (χ4n) is 4.30. The van der Waals surface area contributed by atoms with Gasteiger partial charge in [0.25, 0.3) is 0 Å². The molecule has 0 radical (unpaired) electrons. The van der Waals surface area contributed by atoms with Gasteiger partial charge in [0, 0.05) is 37.7 Å². The first-order valence-corrected chi connectivity index (χ1v) is 12.1. The summed E-state index contributed by atoms with van der Waals surface area (Å²) in [6, 6.07) is 21.4. The number of anilines is 1. The average Bonchev–Trinajstić information content (AvgIpc) is 3.22. The van der Waals surface area contributed by atoms with Gasteiger partial charge < -0.3 is 5.32 Å². The zero-order valence-corrected chi connectivity index (χ0v) is 18.4. The molecule has 2 N–H and O–H groups in total. The highest BCUT2D eigenvalue weighted by Crippen LogP contribution is 2.32. The minimum atomic E-state index is -3.64. The van der Waals surface area contributed by atoms with Crippen LogP contribution in [0.3, 0.4) is 0 Å². The van der Waals surface area contributed by atoms with Gasteiger partial charge in [-0.1, -0.05) is 48.5 Å². The van der Waals surface area contributed by atoms with Crippen LogP contribution in [0.15, 0.2) is 89.0 Å². The molecule has 7 nitrogen and oxygen atoms in total. The van der Waals surface area contributed by atoms with E-state index in [1.165, 1.54) is 10.5 Å². The Kier molecular flexibility index (Phi) is 5.50. The molecule has 0 saturated carbocycles. The maximum Gasteiger partial charge on any atom is 0.244 e. The van der Waals surface area contributed by atoms with Crippen LogP contribution in [0.25, 0.3) is 0 Å². The summed E-state index contributed by atoms with van der Waals surface area (Å²) >= 11 is 0. The van der Waals surface area contributed by atoms with Gasteiger partial charge in [-0.2, -0.15) is 4.31 Å². The predicted molar refractivity (Wildman–Crippen MR) is 125 cm³/mol. The van der Waals surface area contributed by atoms with Crippen LogP contribution in [0.1, 0.15) is 17.5 Å². The van der Waals surface area contributed by atoms with Crippen molar-refractivity contribution in [3.8, 4) is 0 Å². The van der Waals surface area contributed by atoms with Gasteiger partial charge in [0.2, 0.25) is 10.0 Å². The number of sulfonamides is 1. The zero-order valence-electron chi connectivity index (χ0n) is 17.6. The summed E-state index contributed by atoms with van der Waals surface area (Å²) in [6.07, 6.45) is 3.60. The van der Waals surface area contributed by atoms with Crippen molar-refractivity contribution < 1.29 is 8.42 Å². The molecule has 1 fully saturated rings. The second-order valence-electron chi connectivity index (χ2n) is 8.15. The summed E-state index contributed by atoms with van der Waals surface area (Å²) in [6.45, 7) is 1.86. The molecule has 164 valence electrons. The van der Waals surface area contributed by atoms with Gasteiger partial charge >= 0.3 is 0 Å². The summed E-state index contributed by atoms with van der Waals surface area (Å²) in [5.41, 5.74) is 2.64. The van der Waals surface area contributed by atoms with Crippen LogP contribution in [-0.4, -0.2) is 42.2 Å². The number of nitrogens with zero attached hydrogens (tertiary/aromatic N) is 3. The number of hydrogen-bond donors (Lipinski definition) is 2. The van der Waals surface area contributed by atoms with Crippen LogP contribution in [0.4, 0.5) is 5.69 Å². The molecule has 1 aromatic heterocycles. The van der Waals surface area contributed by atoms with E-state index < -0.39 is 15.6 Å². The van der Waals surface area contributed by atoms with Crippen molar-refractivity contribution in [2.75, 3.05) is 18.4 Å². The average molecular weight is 448 g/mol. The Balaban J connectivity index is 1.49. The van der Waals surface area contributed by atoms with E-state index in [2.05, 4.69) is 21.7 Å². The Morgan fingerprint density at radius 2 is 1.84 bits per heavy atom. The third-order valence-electron chi connectivity index (χ3n) is 6.11. The minimum absolute atomic E-state index is 0.213. The molecule has 3 aromatic rings. The lowest BCUT2D eigenvalue weighted by molar-refractivity contribution is 0.420. The van der Waals surface area contributed by atoms with Gasteiger partial charge in [0.05, 0.1) is 12.1 Å². The molecule has 2 aliphatic rings. The molecule has 0 bridgehead atoms. The first kappa shape index (κ1) is 20.8. The van der Waals surface area contributed by atoms with E-state index in [0.29, 0.717) is 32.6 Å². The lowest BCUT2D eigenvalue weighted by Gasteiger charge is -2.30. The molecule has 1 saturated heterocycles. The highest BCUT2D eigenvalue weighted by molar-refractivity contribution is 7.89. The predicted octanol–water partition coefficient (Wildman–Crippen LogP) is 3.03. The van der Waals surface area contributed by atoms with Crippen LogP contribution < -0.4 is 10.6 Å². The van der Waals surface area contributed by atoms with Crippen molar-refractivity contribution in [2.45, 2.75) is 29.9 Å². The molecule has 5 rings (SSSR count). The lowest BCUT2D eigenvalue weighted by atomic mass is 9.96. The van der Waals surface area contributed by atoms with Crippen molar-refractivity contribution in [3.63, 3.8) is 0 Å². The van der Waals surface area contributed by atoms with Gasteiger partial charge in [0.15, 0.2) is 0 Å². The standard InChI is InChI=1S/C24H25N5O2S/c30-32(31,21-10-6-13-25-17-21)29-14-12-24(18-29)23(26-15-19-7-2-1-3-8-19)28-22-11-5-4-9-20(22)16-27-24/h1-11,13,17,27H,12,14-16,18H2,(H,26,28)/t24-/m0/s1.